The highest BCUT2D eigenvalue weighted by Crippen LogP contribution is 2.32. The summed E-state index contributed by atoms with van der Waals surface area (Å²) in [4.78, 5) is 64.1. The fraction of sp³-hybridized carbons (Fsp3) is 0.302. The number of ketones is 2. The van der Waals surface area contributed by atoms with Crippen LogP contribution in [0.3, 0.4) is 0 Å². The maximum absolute atomic E-state index is 14.2. The van der Waals surface area contributed by atoms with Crippen LogP contribution in [0.2, 0.25) is 0 Å². The zero-order valence-electron chi connectivity index (χ0n) is 29.7. The summed E-state index contributed by atoms with van der Waals surface area (Å²) in [6.45, 7) is 4.73. The van der Waals surface area contributed by atoms with E-state index in [2.05, 4.69) is 14.9 Å². The average molecular weight is 698 g/mol. The van der Waals surface area contributed by atoms with Crippen LogP contribution in [0.1, 0.15) is 113 Å². The monoisotopic (exact) mass is 697 g/mol. The van der Waals surface area contributed by atoms with Crippen molar-refractivity contribution in [3.05, 3.63) is 119 Å². The van der Waals surface area contributed by atoms with E-state index in [0.717, 1.165) is 53.9 Å². The van der Waals surface area contributed by atoms with Crippen LogP contribution in [0.4, 0.5) is 0 Å². The van der Waals surface area contributed by atoms with E-state index in [1.54, 1.807) is 66.7 Å². The number of hydrogen-bond acceptors (Lipinski definition) is 8. The van der Waals surface area contributed by atoms with Gasteiger partial charge in [0.2, 0.25) is 11.6 Å². The molecule has 0 N–H and O–H groups in total. The smallest absolute Gasteiger partial charge is 0.341 e. The molecule has 1 saturated carbocycles. The SMILES string of the molecule is CCCCC(=NOC(=O)c1ccccc1)C(=O)c1ccc2c(c1)c1cc(C(=O)/C(CC3CCCCC3)=N/OC(=O)c3ccccc3)ccc1n2CC. The zero-order valence-corrected chi connectivity index (χ0v) is 29.7. The second-order valence-electron chi connectivity index (χ2n) is 13.2. The Balaban J connectivity index is 1.34. The van der Waals surface area contributed by atoms with Gasteiger partial charge in [0.15, 0.2) is 0 Å². The first kappa shape index (κ1) is 36.1. The molecule has 1 aromatic heterocycles. The van der Waals surface area contributed by atoms with Crippen molar-refractivity contribution in [3.63, 3.8) is 0 Å². The van der Waals surface area contributed by atoms with Crippen LogP contribution < -0.4 is 0 Å². The lowest BCUT2D eigenvalue weighted by molar-refractivity contribution is 0.0504. The van der Waals surface area contributed by atoms with E-state index in [1.807, 2.05) is 44.2 Å². The van der Waals surface area contributed by atoms with Crippen molar-refractivity contribution in [1.29, 1.82) is 0 Å². The number of oxime groups is 2. The number of hydrogen-bond donors (Lipinski definition) is 0. The summed E-state index contributed by atoms with van der Waals surface area (Å²) in [5, 5.41) is 9.84. The topological polar surface area (TPSA) is 116 Å². The molecule has 1 fully saturated rings. The Morgan fingerprint density at radius 2 is 1.13 bits per heavy atom. The van der Waals surface area contributed by atoms with E-state index >= 15 is 0 Å². The molecule has 1 aliphatic rings. The fourth-order valence-electron chi connectivity index (χ4n) is 6.89. The number of aryl methyl sites for hydroxylation is 1. The van der Waals surface area contributed by atoms with Gasteiger partial charge in [0.1, 0.15) is 11.4 Å². The summed E-state index contributed by atoms with van der Waals surface area (Å²) >= 11 is 0. The lowest BCUT2D eigenvalue weighted by Gasteiger charge is -2.21. The van der Waals surface area contributed by atoms with Crippen molar-refractivity contribution >= 4 is 56.7 Å². The first-order valence-electron chi connectivity index (χ1n) is 18.2. The summed E-state index contributed by atoms with van der Waals surface area (Å²) in [5.41, 5.74) is 3.72. The zero-order chi connectivity index (χ0) is 36.5. The van der Waals surface area contributed by atoms with E-state index in [9.17, 15) is 19.2 Å². The minimum absolute atomic E-state index is 0.161. The number of fused-ring (bicyclic) bond motifs is 3. The van der Waals surface area contributed by atoms with Crippen molar-refractivity contribution < 1.29 is 28.9 Å². The van der Waals surface area contributed by atoms with Crippen molar-refractivity contribution in [2.24, 2.45) is 16.2 Å². The van der Waals surface area contributed by atoms with E-state index in [-0.39, 0.29) is 28.9 Å². The Morgan fingerprint density at radius 1 is 0.635 bits per heavy atom. The molecule has 0 aliphatic heterocycles. The predicted octanol–water partition coefficient (Wildman–Crippen LogP) is 9.77. The maximum Gasteiger partial charge on any atom is 0.365 e. The molecule has 0 unspecified atom stereocenters. The number of aromatic nitrogens is 1. The molecule has 1 heterocycles. The Bertz CT molecular complexity index is 2140. The highest BCUT2D eigenvalue weighted by atomic mass is 16.7. The van der Waals surface area contributed by atoms with Crippen molar-refractivity contribution in [1.82, 2.24) is 4.57 Å². The largest absolute Gasteiger partial charge is 0.365 e. The maximum atomic E-state index is 14.2. The first-order chi connectivity index (χ1) is 25.4. The number of unbranched alkanes of at least 4 members (excludes halogenated alkanes) is 1. The third-order valence-corrected chi connectivity index (χ3v) is 9.70. The van der Waals surface area contributed by atoms with E-state index in [0.29, 0.717) is 48.1 Å². The molecule has 0 saturated heterocycles. The van der Waals surface area contributed by atoms with Crippen LogP contribution in [0.15, 0.2) is 107 Å². The normalized spacial score (nSPS) is 14.0. The third-order valence-electron chi connectivity index (χ3n) is 9.70. The highest BCUT2D eigenvalue weighted by molar-refractivity contribution is 6.47. The van der Waals surface area contributed by atoms with Gasteiger partial charge in [-0.05, 0) is 92.8 Å². The van der Waals surface area contributed by atoms with Gasteiger partial charge in [-0.2, -0.15) is 0 Å². The van der Waals surface area contributed by atoms with E-state index < -0.39 is 11.9 Å². The number of carbonyl (C=O) groups excluding carboxylic acids is 4. The van der Waals surface area contributed by atoms with Crippen LogP contribution in [0.25, 0.3) is 21.8 Å². The summed E-state index contributed by atoms with van der Waals surface area (Å²) in [6.07, 6.45) is 7.65. The molecular formula is C43H43N3O6. The second kappa shape index (κ2) is 17.0. The minimum Gasteiger partial charge on any atom is -0.341 e. The van der Waals surface area contributed by atoms with Gasteiger partial charge < -0.3 is 14.2 Å². The molecule has 0 amide bonds. The molecule has 0 spiro atoms. The van der Waals surface area contributed by atoms with Gasteiger partial charge in [0.05, 0.1) is 11.1 Å². The number of nitrogens with zero attached hydrogens (tertiary/aromatic N) is 3. The molecule has 5 aromatic rings. The van der Waals surface area contributed by atoms with Gasteiger partial charge in [0.25, 0.3) is 0 Å². The summed E-state index contributed by atoms with van der Waals surface area (Å²) < 4.78 is 2.14. The highest BCUT2D eigenvalue weighted by Gasteiger charge is 2.25. The summed E-state index contributed by atoms with van der Waals surface area (Å²) in [6, 6.07) is 28.1. The number of benzene rings is 4. The average Bonchev–Trinajstić information content (AvgIpc) is 3.52. The standard InChI is InChI=1S/C43H43N3O6/c1-3-5-21-36(44-51-42(49)30-17-11-7-12-18-30)40(47)32-22-24-38-34(27-32)35-28-33(23-25-39(35)46(38)4-2)41(48)37(26-29-15-9-6-10-16-29)45-52-43(50)31-19-13-8-14-20-31/h7-8,11-14,17-20,22-25,27-29H,3-6,9-10,15-16,21,26H2,1-2H3/b44-36?,45-37+. The number of Topliss-reactive ketones (excluding diaryl/α,β-unsaturated/α-hetero) is 2. The lowest BCUT2D eigenvalue weighted by atomic mass is 9.84. The number of carbonyl (C=O) groups is 4. The van der Waals surface area contributed by atoms with Crippen molar-refractivity contribution in [3.8, 4) is 0 Å². The van der Waals surface area contributed by atoms with Gasteiger partial charge in [-0.1, -0.05) is 92.2 Å². The molecule has 6 rings (SSSR count). The molecule has 9 heteroatoms. The van der Waals surface area contributed by atoms with E-state index in [4.69, 9.17) is 9.68 Å². The fourth-order valence-corrected chi connectivity index (χ4v) is 6.89. The molecule has 9 nitrogen and oxygen atoms in total. The van der Waals surface area contributed by atoms with Gasteiger partial charge >= 0.3 is 11.9 Å². The third kappa shape index (κ3) is 8.26. The summed E-state index contributed by atoms with van der Waals surface area (Å²) in [7, 11) is 0. The molecule has 0 radical (unpaired) electrons. The quantitative estimate of drug-likeness (QED) is 0.0494. The second-order valence-corrected chi connectivity index (χ2v) is 13.2. The molecule has 0 bridgehead atoms. The van der Waals surface area contributed by atoms with Crippen molar-refractivity contribution in [2.75, 3.05) is 0 Å². The Labute approximate surface area is 303 Å². The van der Waals surface area contributed by atoms with Crippen LogP contribution >= 0.6 is 0 Å². The Morgan fingerprint density at radius 3 is 1.63 bits per heavy atom. The van der Waals surface area contributed by atoms with Gasteiger partial charge in [-0.3, -0.25) is 9.59 Å². The van der Waals surface area contributed by atoms with Crippen molar-refractivity contribution in [2.45, 2.75) is 78.2 Å². The van der Waals surface area contributed by atoms with E-state index in [1.165, 1.54) is 6.42 Å². The molecule has 266 valence electrons. The minimum atomic E-state index is -0.637. The van der Waals surface area contributed by atoms with Crippen LogP contribution in [0, 0.1) is 5.92 Å². The van der Waals surface area contributed by atoms with Gasteiger partial charge in [-0.25, -0.2) is 9.59 Å². The molecule has 52 heavy (non-hydrogen) atoms. The Kier molecular flexibility index (Phi) is 11.8. The van der Waals surface area contributed by atoms with Gasteiger partial charge in [0, 0.05) is 39.5 Å². The predicted molar refractivity (Wildman–Crippen MR) is 203 cm³/mol. The lowest BCUT2D eigenvalue weighted by Crippen LogP contribution is -2.21. The molecule has 1 aliphatic carbocycles. The van der Waals surface area contributed by atoms with Gasteiger partial charge in [-0.15, -0.1) is 0 Å². The van der Waals surface area contributed by atoms with Crippen LogP contribution in [-0.2, 0) is 16.2 Å². The Hall–Kier alpha value is -5.70. The van der Waals surface area contributed by atoms with Crippen LogP contribution in [-0.4, -0.2) is 39.5 Å². The molecule has 0 atom stereocenters. The molecular weight excluding hydrogens is 654 g/mol. The number of rotatable bonds is 14. The molecule has 4 aromatic carbocycles. The first-order valence-corrected chi connectivity index (χ1v) is 18.2. The summed E-state index contributed by atoms with van der Waals surface area (Å²) in [5.74, 6) is -1.61. The van der Waals surface area contributed by atoms with Crippen LogP contribution in [0.5, 0.6) is 0 Å².